The Hall–Kier alpha value is -2.28. The number of piperazine rings is 1. The Labute approximate surface area is 186 Å². The number of rotatable bonds is 7. The molecule has 1 aliphatic carbocycles. The molecule has 0 aromatic heterocycles. The van der Waals surface area contributed by atoms with Gasteiger partial charge in [0.1, 0.15) is 5.75 Å². The van der Waals surface area contributed by atoms with Gasteiger partial charge in [0, 0.05) is 39.3 Å². The van der Waals surface area contributed by atoms with Gasteiger partial charge in [0.25, 0.3) is 0 Å². The van der Waals surface area contributed by atoms with Gasteiger partial charge in [-0.2, -0.15) is 0 Å². The van der Waals surface area contributed by atoms with Crippen molar-refractivity contribution < 1.29 is 14.3 Å². The van der Waals surface area contributed by atoms with Crippen molar-refractivity contribution in [1.82, 2.24) is 20.0 Å². The van der Waals surface area contributed by atoms with E-state index in [0.29, 0.717) is 32.3 Å². The second-order valence-electron chi connectivity index (χ2n) is 8.73. The molecule has 2 aliphatic rings. The molecule has 1 atom stereocenters. The Balaban J connectivity index is 1.41. The Bertz CT molecular complexity index is 710. The molecule has 31 heavy (non-hydrogen) atoms. The lowest BCUT2D eigenvalue weighted by Crippen LogP contribution is -2.54. The van der Waals surface area contributed by atoms with Crippen molar-refractivity contribution in [3.05, 3.63) is 29.8 Å². The molecule has 1 aromatic carbocycles. The number of amides is 3. The van der Waals surface area contributed by atoms with Crippen molar-refractivity contribution in [2.45, 2.75) is 58.0 Å². The molecule has 7 heteroatoms. The zero-order valence-electron chi connectivity index (χ0n) is 19.3. The van der Waals surface area contributed by atoms with Gasteiger partial charge in [0.2, 0.25) is 5.91 Å². The minimum absolute atomic E-state index is 0.0494. The maximum atomic E-state index is 12.7. The summed E-state index contributed by atoms with van der Waals surface area (Å²) in [5.74, 6) is 1.04. The largest absolute Gasteiger partial charge is 0.494 e. The van der Waals surface area contributed by atoms with Gasteiger partial charge in [0.15, 0.2) is 0 Å². The minimum Gasteiger partial charge on any atom is -0.494 e. The van der Waals surface area contributed by atoms with Crippen molar-refractivity contribution in [3.63, 3.8) is 0 Å². The molecule has 1 saturated heterocycles. The van der Waals surface area contributed by atoms with Gasteiger partial charge in [-0.05, 0) is 44.4 Å². The van der Waals surface area contributed by atoms with E-state index in [1.807, 2.05) is 55.0 Å². The van der Waals surface area contributed by atoms with Gasteiger partial charge in [0.05, 0.1) is 19.2 Å². The molecular weight excluding hydrogens is 392 g/mol. The second kappa shape index (κ2) is 11.4. The number of ether oxygens (including phenoxy) is 1. The lowest BCUT2D eigenvalue weighted by molar-refractivity contribution is -0.134. The van der Waals surface area contributed by atoms with Crippen molar-refractivity contribution in [3.8, 4) is 5.75 Å². The number of nitrogens with one attached hydrogen (secondary N) is 1. The van der Waals surface area contributed by atoms with Crippen molar-refractivity contribution in [2.75, 3.05) is 46.4 Å². The zero-order chi connectivity index (χ0) is 22.2. The van der Waals surface area contributed by atoms with Gasteiger partial charge in [-0.3, -0.25) is 9.69 Å². The normalized spacial score (nSPS) is 19.0. The van der Waals surface area contributed by atoms with Crippen LogP contribution in [0.4, 0.5) is 4.79 Å². The van der Waals surface area contributed by atoms with E-state index in [2.05, 4.69) is 10.2 Å². The number of likely N-dealkylation sites (N-methyl/N-ethyl adjacent to an activating group) is 1. The fourth-order valence-corrected chi connectivity index (χ4v) is 4.46. The Kier molecular flexibility index (Phi) is 8.58. The molecular formula is C24H38N4O3. The van der Waals surface area contributed by atoms with Crippen LogP contribution in [0.15, 0.2) is 24.3 Å². The summed E-state index contributed by atoms with van der Waals surface area (Å²) in [4.78, 5) is 31.3. The molecule has 0 bridgehead atoms. The quantitative estimate of drug-likeness (QED) is 0.721. The molecule has 1 aliphatic heterocycles. The summed E-state index contributed by atoms with van der Waals surface area (Å²) in [6.45, 7) is 7.78. The standard InChI is InChI=1S/C24H38N4O3/c1-4-31-22-12-10-20(11-13-22)19(2)25-24(30)28-16-14-27(15-17-28)18-23(29)26(3)21-8-6-5-7-9-21/h10-13,19,21H,4-9,14-18H2,1-3H3,(H,25,30). The SMILES string of the molecule is CCOc1ccc(C(C)NC(=O)N2CCN(CC(=O)N(C)C3CCCCC3)CC2)cc1. The van der Waals surface area contributed by atoms with Crippen LogP contribution in [0.5, 0.6) is 5.75 Å². The topological polar surface area (TPSA) is 65.1 Å². The summed E-state index contributed by atoms with van der Waals surface area (Å²) in [7, 11) is 1.95. The molecule has 7 nitrogen and oxygen atoms in total. The first-order chi connectivity index (χ1) is 15.0. The van der Waals surface area contributed by atoms with E-state index in [9.17, 15) is 9.59 Å². The van der Waals surface area contributed by atoms with Crippen LogP contribution < -0.4 is 10.1 Å². The summed E-state index contributed by atoms with van der Waals surface area (Å²) in [6.07, 6.45) is 6.00. The van der Waals surface area contributed by atoms with Crippen LogP contribution in [0, 0.1) is 0 Å². The maximum absolute atomic E-state index is 12.7. The lowest BCUT2D eigenvalue weighted by atomic mass is 9.94. The van der Waals surface area contributed by atoms with E-state index in [1.54, 1.807) is 0 Å². The van der Waals surface area contributed by atoms with Crippen molar-refractivity contribution >= 4 is 11.9 Å². The van der Waals surface area contributed by atoms with E-state index in [0.717, 1.165) is 37.2 Å². The predicted octanol–water partition coefficient (Wildman–Crippen LogP) is 3.26. The molecule has 3 amide bonds. The fraction of sp³-hybridized carbons (Fsp3) is 0.667. The van der Waals surface area contributed by atoms with Crippen molar-refractivity contribution in [2.24, 2.45) is 0 Å². The monoisotopic (exact) mass is 430 g/mol. The molecule has 3 rings (SSSR count). The lowest BCUT2D eigenvalue weighted by Gasteiger charge is -2.37. The fourth-order valence-electron chi connectivity index (χ4n) is 4.46. The van der Waals surface area contributed by atoms with Crippen LogP contribution in [-0.4, -0.2) is 79.1 Å². The van der Waals surface area contributed by atoms with E-state index < -0.39 is 0 Å². The van der Waals surface area contributed by atoms with E-state index in [4.69, 9.17) is 4.74 Å². The van der Waals surface area contributed by atoms with Gasteiger partial charge in [-0.25, -0.2) is 4.79 Å². The molecule has 0 radical (unpaired) electrons. The van der Waals surface area contributed by atoms with Gasteiger partial charge in [-0.1, -0.05) is 31.4 Å². The van der Waals surface area contributed by atoms with E-state index in [1.165, 1.54) is 19.3 Å². The summed E-state index contributed by atoms with van der Waals surface area (Å²) in [6, 6.07) is 8.12. The smallest absolute Gasteiger partial charge is 0.317 e. The van der Waals surface area contributed by atoms with Crippen LogP contribution in [0.3, 0.4) is 0 Å². The summed E-state index contributed by atoms with van der Waals surface area (Å²) in [5.41, 5.74) is 1.05. The first kappa shape index (κ1) is 23.4. The van der Waals surface area contributed by atoms with Gasteiger partial charge >= 0.3 is 6.03 Å². The third kappa shape index (κ3) is 6.60. The molecule has 1 N–H and O–H groups in total. The molecule has 1 heterocycles. The molecule has 172 valence electrons. The molecule has 1 unspecified atom stereocenters. The van der Waals surface area contributed by atoms with Crippen LogP contribution in [0.25, 0.3) is 0 Å². The minimum atomic E-state index is -0.0769. The van der Waals surface area contributed by atoms with Gasteiger partial charge < -0.3 is 19.9 Å². The molecule has 1 saturated carbocycles. The number of carbonyl (C=O) groups is 2. The summed E-state index contributed by atoms with van der Waals surface area (Å²) < 4.78 is 5.48. The van der Waals surface area contributed by atoms with Crippen LogP contribution in [0.2, 0.25) is 0 Å². The Morgan fingerprint density at radius 3 is 2.35 bits per heavy atom. The number of carbonyl (C=O) groups excluding carboxylic acids is 2. The zero-order valence-corrected chi connectivity index (χ0v) is 19.3. The average molecular weight is 431 g/mol. The third-order valence-electron chi connectivity index (χ3n) is 6.57. The average Bonchev–Trinajstić information content (AvgIpc) is 2.80. The second-order valence-corrected chi connectivity index (χ2v) is 8.73. The van der Waals surface area contributed by atoms with Crippen molar-refractivity contribution in [1.29, 1.82) is 0 Å². The number of benzene rings is 1. The summed E-state index contributed by atoms with van der Waals surface area (Å²) >= 11 is 0. The molecule has 2 fully saturated rings. The Morgan fingerprint density at radius 2 is 1.74 bits per heavy atom. The predicted molar refractivity (Wildman–Crippen MR) is 122 cm³/mol. The first-order valence-corrected chi connectivity index (χ1v) is 11.7. The number of hydrogen-bond donors (Lipinski definition) is 1. The first-order valence-electron chi connectivity index (χ1n) is 11.7. The van der Waals surface area contributed by atoms with Crippen LogP contribution in [0.1, 0.15) is 57.6 Å². The molecule has 0 spiro atoms. The van der Waals surface area contributed by atoms with E-state index in [-0.39, 0.29) is 18.0 Å². The maximum Gasteiger partial charge on any atom is 0.317 e. The van der Waals surface area contributed by atoms with E-state index >= 15 is 0 Å². The Morgan fingerprint density at radius 1 is 1.10 bits per heavy atom. The van der Waals surface area contributed by atoms with Crippen LogP contribution >= 0.6 is 0 Å². The highest BCUT2D eigenvalue weighted by atomic mass is 16.5. The molecule has 1 aromatic rings. The van der Waals surface area contributed by atoms with Gasteiger partial charge in [-0.15, -0.1) is 0 Å². The van der Waals surface area contributed by atoms with Crippen LogP contribution in [-0.2, 0) is 4.79 Å². The highest BCUT2D eigenvalue weighted by Gasteiger charge is 2.27. The highest BCUT2D eigenvalue weighted by molar-refractivity contribution is 5.78. The summed E-state index contributed by atoms with van der Waals surface area (Å²) in [5, 5.41) is 3.09. The number of hydrogen-bond acceptors (Lipinski definition) is 4. The number of urea groups is 1. The highest BCUT2D eigenvalue weighted by Crippen LogP contribution is 2.22. The number of nitrogens with zero attached hydrogens (tertiary/aromatic N) is 3. The third-order valence-corrected chi connectivity index (χ3v) is 6.57.